The van der Waals surface area contributed by atoms with Crippen LogP contribution in [0.3, 0.4) is 0 Å². The standard InChI is InChI=1S/C11H16BrNO5S/c1-11(6-14,7-15)13-19(16,17)8-3-4-10(18-2)9(12)5-8/h3-5,13-15H,6-7H2,1-2H3. The van der Waals surface area contributed by atoms with E-state index in [2.05, 4.69) is 20.7 Å². The van der Waals surface area contributed by atoms with Crippen molar-refractivity contribution in [2.75, 3.05) is 20.3 Å². The van der Waals surface area contributed by atoms with Crippen LogP contribution in [0.15, 0.2) is 27.6 Å². The van der Waals surface area contributed by atoms with Gasteiger partial charge in [0.1, 0.15) is 5.75 Å². The summed E-state index contributed by atoms with van der Waals surface area (Å²) in [5.41, 5.74) is -1.31. The average Bonchev–Trinajstić information content (AvgIpc) is 2.38. The highest BCUT2D eigenvalue weighted by Gasteiger charge is 2.29. The lowest BCUT2D eigenvalue weighted by atomic mass is 10.1. The minimum absolute atomic E-state index is 0.00769. The Balaban J connectivity index is 3.11. The topological polar surface area (TPSA) is 95.9 Å². The van der Waals surface area contributed by atoms with Crippen LogP contribution in [0.4, 0.5) is 0 Å². The Hall–Kier alpha value is -0.670. The van der Waals surface area contributed by atoms with Crippen LogP contribution in [-0.4, -0.2) is 44.5 Å². The van der Waals surface area contributed by atoms with E-state index in [0.717, 1.165) is 0 Å². The molecule has 0 aromatic heterocycles. The van der Waals surface area contributed by atoms with Gasteiger partial charge in [-0.15, -0.1) is 0 Å². The van der Waals surface area contributed by atoms with E-state index in [9.17, 15) is 8.42 Å². The predicted molar refractivity (Wildman–Crippen MR) is 73.6 cm³/mol. The number of aliphatic hydroxyl groups is 2. The molecule has 0 heterocycles. The Morgan fingerprint density at radius 3 is 2.37 bits per heavy atom. The predicted octanol–water partition coefficient (Wildman–Crippen LogP) is 0.479. The third-order valence-corrected chi connectivity index (χ3v) is 4.77. The molecule has 0 aliphatic rings. The van der Waals surface area contributed by atoms with Gasteiger partial charge in [0.05, 0.1) is 35.2 Å². The third kappa shape index (κ3) is 3.90. The quantitative estimate of drug-likeness (QED) is 0.691. The number of hydrogen-bond donors (Lipinski definition) is 3. The molecule has 19 heavy (non-hydrogen) atoms. The highest BCUT2D eigenvalue weighted by atomic mass is 79.9. The molecule has 6 nitrogen and oxygen atoms in total. The van der Waals surface area contributed by atoms with Crippen molar-refractivity contribution >= 4 is 26.0 Å². The van der Waals surface area contributed by atoms with Gasteiger partial charge < -0.3 is 14.9 Å². The molecule has 1 rings (SSSR count). The summed E-state index contributed by atoms with van der Waals surface area (Å²) in [7, 11) is -2.37. The fourth-order valence-electron chi connectivity index (χ4n) is 1.31. The zero-order valence-electron chi connectivity index (χ0n) is 10.6. The van der Waals surface area contributed by atoms with Crippen molar-refractivity contribution in [1.29, 1.82) is 0 Å². The van der Waals surface area contributed by atoms with Crippen LogP contribution >= 0.6 is 15.9 Å². The van der Waals surface area contributed by atoms with Crippen LogP contribution in [-0.2, 0) is 10.0 Å². The highest BCUT2D eigenvalue weighted by molar-refractivity contribution is 9.10. The molecule has 0 spiro atoms. The van der Waals surface area contributed by atoms with Gasteiger partial charge in [0.25, 0.3) is 0 Å². The lowest BCUT2D eigenvalue weighted by Gasteiger charge is -2.25. The molecule has 0 radical (unpaired) electrons. The number of methoxy groups -OCH3 is 1. The minimum Gasteiger partial charge on any atom is -0.496 e. The van der Waals surface area contributed by atoms with Crippen LogP contribution in [0, 0.1) is 0 Å². The number of hydrogen-bond acceptors (Lipinski definition) is 5. The number of ether oxygens (including phenoxy) is 1. The summed E-state index contributed by atoms with van der Waals surface area (Å²) in [5.74, 6) is 0.506. The van der Waals surface area contributed by atoms with Gasteiger partial charge in [-0.2, -0.15) is 0 Å². The molecule has 0 bridgehead atoms. The number of halogens is 1. The van der Waals surface area contributed by atoms with Crippen LogP contribution in [0.2, 0.25) is 0 Å². The second-order valence-corrected chi connectivity index (χ2v) is 6.82. The first-order valence-corrected chi connectivity index (χ1v) is 7.65. The number of benzene rings is 1. The van der Waals surface area contributed by atoms with E-state index in [1.807, 2.05) is 0 Å². The summed E-state index contributed by atoms with van der Waals surface area (Å²) < 4.78 is 32.0. The van der Waals surface area contributed by atoms with Gasteiger partial charge in [-0.05, 0) is 41.1 Å². The van der Waals surface area contributed by atoms with Crippen molar-refractivity contribution in [2.45, 2.75) is 17.4 Å². The molecule has 1 aromatic carbocycles. The average molecular weight is 354 g/mol. The fraction of sp³-hybridized carbons (Fsp3) is 0.455. The van der Waals surface area contributed by atoms with Crippen LogP contribution in [0.1, 0.15) is 6.92 Å². The second kappa shape index (κ2) is 6.19. The maximum atomic E-state index is 12.1. The summed E-state index contributed by atoms with van der Waals surface area (Å²) in [5, 5.41) is 18.2. The molecule has 0 aliphatic carbocycles. The van der Waals surface area contributed by atoms with Crippen molar-refractivity contribution in [3.63, 3.8) is 0 Å². The zero-order chi connectivity index (χ0) is 14.7. The molecular weight excluding hydrogens is 338 g/mol. The molecule has 0 saturated carbocycles. The minimum atomic E-state index is -3.85. The molecular formula is C11H16BrNO5S. The third-order valence-electron chi connectivity index (χ3n) is 2.51. The molecule has 3 N–H and O–H groups in total. The van der Waals surface area contributed by atoms with Crippen molar-refractivity contribution in [2.24, 2.45) is 0 Å². The SMILES string of the molecule is COc1ccc(S(=O)(=O)NC(C)(CO)CO)cc1Br. The van der Waals surface area contributed by atoms with Gasteiger partial charge >= 0.3 is 0 Å². The summed E-state index contributed by atoms with van der Waals surface area (Å²) in [4.78, 5) is 0.00769. The summed E-state index contributed by atoms with van der Waals surface area (Å²) in [6.07, 6.45) is 0. The van der Waals surface area contributed by atoms with Gasteiger partial charge in [-0.25, -0.2) is 13.1 Å². The molecule has 0 saturated heterocycles. The summed E-state index contributed by atoms with van der Waals surface area (Å²) >= 11 is 3.20. The largest absolute Gasteiger partial charge is 0.496 e. The smallest absolute Gasteiger partial charge is 0.241 e. The van der Waals surface area contributed by atoms with E-state index in [0.29, 0.717) is 10.2 Å². The Kier molecular flexibility index (Phi) is 5.34. The Morgan fingerprint density at radius 2 is 1.95 bits per heavy atom. The van der Waals surface area contributed by atoms with Crippen LogP contribution in [0.25, 0.3) is 0 Å². The van der Waals surface area contributed by atoms with Crippen molar-refractivity contribution < 1.29 is 23.4 Å². The van der Waals surface area contributed by atoms with Crippen LogP contribution < -0.4 is 9.46 Å². The van der Waals surface area contributed by atoms with Gasteiger partial charge in [0.2, 0.25) is 10.0 Å². The molecule has 8 heteroatoms. The van der Waals surface area contributed by atoms with Gasteiger partial charge in [-0.1, -0.05) is 0 Å². The van der Waals surface area contributed by atoms with Crippen molar-refractivity contribution in [3.05, 3.63) is 22.7 Å². The molecule has 0 amide bonds. The molecule has 108 valence electrons. The molecule has 0 fully saturated rings. The zero-order valence-corrected chi connectivity index (χ0v) is 13.0. The van der Waals surface area contributed by atoms with E-state index in [1.54, 1.807) is 0 Å². The van der Waals surface area contributed by atoms with Gasteiger partial charge in [0, 0.05) is 0 Å². The van der Waals surface area contributed by atoms with Crippen molar-refractivity contribution in [1.82, 2.24) is 4.72 Å². The summed E-state index contributed by atoms with van der Waals surface area (Å²) in [6.45, 7) is 0.378. The maximum absolute atomic E-state index is 12.1. The lowest BCUT2D eigenvalue weighted by Crippen LogP contribution is -2.51. The highest BCUT2D eigenvalue weighted by Crippen LogP contribution is 2.27. The molecule has 1 aromatic rings. The number of nitrogens with one attached hydrogen (secondary N) is 1. The normalized spacial score (nSPS) is 12.5. The molecule has 0 atom stereocenters. The van der Waals surface area contributed by atoms with Crippen molar-refractivity contribution in [3.8, 4) is 5.75 Å². The number of sulfonamides is 1. The second-order valence-electron chi connectivity index (χ2n) is 4.28. The van der Waals surface area contributed by atoms with Gasteiger partial charge in [-0.3, -0.25) is 0 Å². The van der Waals surface area contributed by atoms with E-state index in [1.165, 1.54) is 32.2 Å². The Labute approximate surface area is 120 Å². The summed E-state index contributed by atoms with van der Waals surface area (Å²) in [6, 6.07) is 4.27. The van der Waals surface area contributed by atoms with E-state index in [4.69, 9.17) is 14.9 Å². The molecule has 0 unspecified atom stereocenters. The van der Waals surface area contributed by atoms with E-state index in [-0.39, 0.29) is 4.90 Å². The number of rotatable bonds is 6. The first-order valence-electron chi connectivity index (χ1n) is 5.37. The van der Waals surface area contributed by atoms with E-state index < -0.39 is 28.8 Å². The lowest BCUT2D eigenvalue weighted by molar-refractivity contribution is 0.122. The monoisotopic (exact) mass is 353 g/mol. The fourth-order valence-corrected chi connectivity index (χ4v) is 3.42. The first-order chi connectivity index (χ1) is 8.78. The Bertz CT molecular complexity index is 542. The molecule has 0 aliphatic heterocycles. The maximum Gasteiger partial charge on any atom is 0.241 e. The number of aliphatic hydroxyl groups excluding tert-OH is 2. The van der Waals surface area contributed by atoms with Gasteiger partial charge in [0.15, 0.2) is 0 Å². The first kappa shape index (κ1) is 16.4. The van der Waals surface area contributed by atoms with E-state index >= 15 is 0 Å². The Morgan fingerprint density at radius 1 is 1.37 bits per heavy atom. The van der Waals surface area contributed by atoms with Crippen LogP contribution in [0.5, 0.6) is 5.75 Å².